The molecule has 0 aromatic heterocycles. The highest BCUT2D eigenvalue weighted by atomic mass is 27.1. The zero-order chi connectivity index (χ0) is 5.70. The van der Waals surface area contributed by atoms with Crippen molar-refractivity contribution >= 4 is 21.5 Å². The summed E-state index contributed by atoms with van der Waals surface area (Å²) < 4.78 is 4.69. The Kier molecular flexibility index (Phi) is 4.17. The van der Waals surface area contributed by atoms with Crippen LogP contribution in [0.5, 0.6) is 0 Å². The Labute approximate surface area is 49.9 Å². The van der Waals surface area contributed by atoms with E-state index in [0.717, 1.165) is 5.28 Å². The second-order valence-electron chi connectivity index (χ2n) is 1.34. The molecule has 0 spiro atoms. The summed E-state index contributed by atoms with van der Waals surface area (Å²) >= 11 is -0.475. The zero-order valence-electron chi connectivity index (χ0n) is 4.73. The van der Waals surface area contributed by atoms with E-state index in [2.05, 4.69) is 0 Å². The van der Waals surface area contributed by atoms with Crippen molar-refractivity contribution in [3.63, 3.8) is 0 Å². The SMILES string of the molecule is C[CH2][AlH][O]C(C)=O. The fourth-order valence-corrected chi connectivity index (χ4v) is 0.737. The molecule has 0 aliphatic carbocycles. The molecule has 0 aliphatic heterocycles. The topological polar surface area (TPSA) is 26.3 Å². The molecule has 7 heavy (non-hydrogen) atoms. The van der Waals surface area contributed by atoms with Crippen LogP contribution in [0.15, 0.2) is 0 Å². The highest BCUT2D eigenvalue weighted by Crippen LogP contribution is 1.76. The van der Waals surface area contributed by atoms with Crippen LogP contribution in [0.2, 0.25) is 5.28 Å². The average molecular weight is 116 g/mol. The first-order valence-corrected chi connectivity index (χ1v) is 3.98. The van der Waals surface area contributed by atoms with Crippen molar-refractivity contribution in [2.75, 3.05) is 0 Å². The molecule has 0 atom stereocenters. The minimum absolute atomic E-state index is 0.131. The minimum atomic E-state index is -0.475. The molecule has 0 N–H and O–H groups in total. The van der Waals surface area contributed by atoms with Crippen LogP contribution in [0.4, 0.5) is 0 Å². The fourth-order valence-electron chi connectivity index (χ4n) is 0.246. The van der Waals surface area contributed by atoms with E-state index in [0.29, 0.717) is 0 Å². The van der Waals surface area contributed by atoms with E-state index < -0.39 is 15.6 Å². The third kappa shape index (κ3) is 6.00. The number of carbonyl (C=O) groups excluding carboxylic acids is 1. The summed E-state index contributed by atoms with van der Waals surface area (Å²) in [7, 11) is 0. The van der Waals surface area contributed by atoms with Crippen LogP contribution in [0, 0.1) is 0 Å². The van der Waals surface area contributed by atoms with Gasteiger partial charge in [0.05, 0.1) is 0 Å². The number of hydrogen-bond donors (Lipinski definition) is 0. The van der Waals surface area contributed by atoms with Crippen molar-refractivity contribution < 1.29 is 8.58 Å². The molecule has 0 bridgehead atoms. The van der Waals surface area contributed by atoms with E-state index in [-0.39, 0.29) is 5.97 Å². The Balaban J connectivity index is 2.82. The van der Waals surface area contributed by atoms with E-state index in [4.69, 9.17) is 3.79 Å². The largest absolute Gasteiger partial charge is 0.619 e. The summed E-state index contributed by atoms with van der Waals surface area (Å²) in [5, 5.41) is 1.04. The van der Waals surface area contributed by atoms with Gasteiger partial charge >= 0.3 is 15.6 Å². The second-order valence-corrected chi connectivity index (χ2v) is 3.04. The van der Waals surface area contributed by atoms with Crippen molar-refractivity contribution in [3.05, 3.63) is 0 Å². The highest BCUT2D eigenvalue weighted by molar-refractivity contribution is 6.30. The van der Waals surface area contributed by atoms with Crippen LogP contribution >= 0.6 is 0 Å². The maximum absolute atomic E-state index is 10.0. The molecular weight excluding hydrogens is 107 g/mol. The molecular formula is C4H9AlO2. The van der Waals surface area contributed by atoms with Crippen LogP contribution in [0.1, 0.15) is 13.8 Å². The second kappa shape index (κ2) is 4.17. The summed E-state index contributed by atoms with van der Waals surface area (Å²) in [6.07, 6.45) is 0. The van der Waals surface area contributed by atoms with Crippen molar-refractivity contribution in [1.29, 1.82) is 0 Å². The van der Waals surface area contributed by atoms with Gasteiger partial charge in [0.2, 0.25) is 0 Å². The smallest absolute Gasteiger partial charge is 0.523 e. The van der Waals surface area contributed by atoms with E-state index >= 15 is 0 Å². The molecule has 0 radical (unpaired) electrons. The van der Waals surface area contributed by atoms with Crippen molar-refractivity contribution in [2.24, 2.45) is 0 Å². The van der Waals surface area contributed by atoms with Crippen LogP contribution in [-0.4, -0.2) is 21.5 Å². The van der Waals surface area contributed by atoms with Gasteiger partial charge < -0.3 is 3.79 Å². The van der Waals surface area contributed by atoms with E-state index in [1.807, 2.05) is 6.92 Å². The van der Waals surface area contributed by atoms with Crippen molar-refractivity contribution in [2.45, 2.75) is 19.1 Å². The fraction of sp³-hybridized carbons (Fsp3) is 0.750. The molecule has 0 fully saturated rings. The molecule has 0 heterocycles. The van der Waals surface area contributed by atoms with Gasteiger partial charge in [0.1, 0.15) is 0 Å². The molecule has 0 saturated heterocycles. The lowest BCUT2D eigenvalue weighted by Gasteiger charge is -1.93. The third-order valence-corrected chi connectivity index (χ3v) is 1.53. The predicted molar refractivity (Wildman–Crippen MR) is 29.4 cm³/mol. The quantitative estimate of drug-likeness (QED) is 0.486. The lowest BCUT2D eigenvalue weighted by Crippen LogP contribution is -2.01. The first-order valence-electron chi connectivity index (χ1n) is 2.40. The van der Waals surface area contributed by atoms with Gasteiger partial charge in [-0.05, 0) is 0 Å². The number of hydrogen-bond acceptors (Lipinski definition) is 2. The Morgan fingerprint density at radius 2 is 2.43 bits per heavy atom. The van der Waals surface area contributed by atoms with Crippen LogP contribution < -0.4 is 0 Å². The maximum atomic E-state index is 10.0. The van der Waals surface area contributed by atoms with E-state index in [1.165, 1.54) is 6.92 Å². The Morgan fingerprint density at radius 3 is 2.57 bits per heavy atom. The molecule has 0 amide bonds. The van der Waals surface area contributed by atoms with Gasteiger partial charge in [-0.2, -0.15) is 0 Å². The molecule has 0 aromatic carbocycles. The Morgan fingerprint density at radius 1 is 1.86 bits per heavy atom. The summed E-state index contributed by atoms with van der Waals surface area (Å²) in [5.74, 6) is -0.131. The Bertz CT molecular complexity index is 62.7. The van der Waals surface area contributed by atoms with Crippen molar-refractivity contribution in [1.82, 2.24) is 0 Å². The number of rotatable bonds is 2. The first-order chi connectivity index (χ1) is 3.27. The van der Waals surface area contributed by atoms with Crippen LogP contribution in [-0.2, 0) is 8.58 Å². The third-order valence-electron chi connectivity index (χ3n) is 0.509. The van der Waals surface area contributed by atoms with E-state index in [9.17, 15) is 4.79 Å². The lowest BCUT2D eigenvalue weighted by molar-refractivity contribution is -0.131. The van der Waals surface area contributed by atoms with E-state index in [1.54, 1.807) is 0 Å². The van der Waals surface area contributed by atoms with Gasteiger partial charge in [-0.3, -0.25) is 4.79 Å². The highest BCUT2D eigenvalue weighted by Gasteiger charge is 1.92. The molecule has 40 valence electrons. The lowest BCUT2D eigenvalue weighted by atomic mass is 10.9. The van der Waals surface area contributed by atoms with Crippen LogP contribution in [0.25, 0.3) is 0 Å². The number of carbonyl (C=O) groups is 1. The van der Waals surface area contributed by atoms with Gasteiger partial charge in [-0.1, -0.05) is 12.2 Å². The summed E-state index contributed by atoms with van der Waals surface area (Å²) in [6.45, 7) is 3.47. The normalized spacial score (nSPS) is 7.71. The van der Waals surface area contributed by atoms with Gasteiger partial charge in [-0.25, -0.2) is 0 Å². The Hall–Kier alpha value is 0.00247. The predicted octanol–water partition coefficient (Wildman–Crippen LogP) is 0.339. The summed E-state index contributed by atoms with van der Waals surface area (Å²) in [4.78, 5) is 10.0. The minimum Gasteiger partial charge on any atom is -0.619 e. The zero-order valence-corrected chi connectivity index (χ0v) is 6.14. The average Bonchev–Trinajstić information content (AvgIpc) is 1.61. The molecule has 0 aliphatic rings. The summed E-state index contributed by atoms with van der Waals surface area (Å²) in [5.41, 5.74) is 0. The van der Waals surface area contributed by atoms with Crippen molar-refractivity contribution in [3.8, 4) is 0 Å². The molecule has 0 aromatic rings. The van der Waals surface area contributed by atoms with Gasteiger partial charge in [0.15, 0.2) is 0 Å². The maximum Gasteiger partial charge on any atom is 0.523 e. The molecule has 0 saturated carbocycles. The van der Waals surface area contributed by atoms with Crippen LogP contribution in [0.3, 0.4) is 0 Å². The van der Waals surface area contributed by atoms with Gasteiger partial charge in [0, 0.05) is 6.92 Å². The molecule has 0 rings (SSSR count). The van der Waals surface area contributed by atoms with Gasteiger partial charge in [-0.15, -0.1) is 0 Å². The summed E-state index contributed by atoms with van der Waals surface area (Å²) in [6, 6.07) is 0. The standard InChI is InChI=1S/C2H4O2.C2H5.Al.H/c1-2(3)4;1-2;;/h1H3,(H,3,4);1H2,2H3;;/q;;+1;/p-1. The molecule has 0 unspecified atom stereocenters. The molecule has 3 heteroatoms. The molecule has 2 nitrogen and oxygen atoms in total. The van der Waals surface area contributed by atoms with Gasteiger partial charge in [0.25, 0.3) is 5.97 Å². The first kappa shape index (κ1) is 7.00. The monoisotopic (exact) mass is 116 g/mol.